The maximum Gasteiger partial charge on any atom is 0.211 e. The van der Waals surface area contributed by atoms with Crippen LogP contribution >= 0.6 is 0 Å². The Morgan fingerprint density at radius 3 is 2.20 bits per heavy atom. The molecular weight excluding hydrogens is 336 g/mol. The summed E-state index contributed by atoms with van der Waals surface area (Å²) in [4.78, 5) is 4.22. The highest BCUT2D eigenvalue weighted by molar-refractivity contribution is 7.89. The van der Waals surface area contributed by atoms with Crippen molar-refractivity contribution in [1.82, 2.24) is 15.4 Å². The Bertz CT molecular complexity index is 626. The minimum atomic E-state index is -3.15. The summed E-state index contributed by atoms with van der Waals surface area (Å²) < 4.78 is 25.4. The van der Waals surface area contributed by atoms with E-state index in [0.717, 1.165) is 19.4 Å². The molecule has 0 unspecified atom stereocenters. The minimum Gasteiger partial charge on any atom is -0.356 e. The number of sulfonamides is 1. The fourth-order valence-electron chi connectivity index (χ4n) is 2.77. The Balaban J connectivity index is 2.60. The summed E-state index contributed by atoms with van der Waals surface area (Å²) in [6, 6.07) is 10.5. The monoisotopic (exact) mass is 368 g/mol. The predicted octanol–water partition coefficient (Wildman–Crippen LogP) is 1.85. The minimum absolute atomic E-state index is 0.0443. The molecule has 1 aromatic carbocycles. The van der Waals surface area contributed by atoms with E-state index >= 15 is 0 Å². The van der Waals surface area contributed by atoms with Crippen LogP contribution in [0.2, 0.25) is 0 Å². The van der Waals surface area contributed by atoms with Gasteiger partial charge in [0.2, 0.25) is 10.0 Å². The lowest BCUT2D eigenvalue weighted by atomic mass is 9.76. The number of nitrogens with one attached hydrogen (secondary N) is 3. The van der Waals surface area contributed by atoms with Gasteiger partial charge in [-0.25, -0.2) is 13.1 Å². The lowest BCUT2D eigenvalue weighted by Crippen LogP contribution is -2.47. The highest BCUT2D eigenvalue weighted by Gasteiger charge is 2.28. The topological polar surface area (TPSA) is 82.6 Å². The lowest BCUT2D eigenvalue weighted by Gasteiger charge is -2.33. The normalized spacial score (nSPS) is 12.9. The van der Waals surface area contributed by atoms with Crippen molar-refractivity contribution < 1.29 is 8.42 Å². The van der Waals surface area contributed by atoms with Crippen molar-refractivity contribution in [2.24, 2.45) is 4.99 Å². The van der Waals surface area contributed by atoms with Crippen molar-refractivity contribution in [2.75, 3.05) is 32.4 Å². The predicted molar refractivity (Wildman–Crippen MR) is 106 cm³/mol. The van der Waals surface area contributed by atoms with E-state index < -0.39 is 10.0 Å². The van der Waals surface area contributed by atoms with E-state index in [9.17, 15) is 8.42 Å². The number of hydrogen-bond acceptors (Lipinski definition) is 3. The molecule has 0 aliphatic heterocycles. The van der Waals surface area contributed by atoms with Gasteiger partial charge >= 0.3 is 0 Å². The second-order valence-electron chi connectivity index (χ2n) is 6.00. The van der Waals surface area contributed by atoms with Crippen LogP contribution in [0.3, 0.4) is 0 Å². The van der Waals surface area contributed by atoms with Gasteiger partial charge in [0.25, 0.3) is 0 Å². The van der Waals surface area contributed by atoms with E-state index in [1.165, 1.54) is 5.56 Å². The fraction of sp³-hybridized carbons (Fsp3) is 0.611. The second-order valence-corrected chi connectivity index (χ2v) is 8.10. The van der Waals surface area contributed by atoms with Gasteiger partial charge in [-0.1, -0.05) is 44.2 Å². The zero-order valence-corrected chi connectivity index (χ0v) is 16.6. The Kier molecular flexibility index (Phi) is 8.92. The molecule has 0 saturated carbocycles. The largest absolute Gasteiger partial charge is 0.356 e. The molecule has 0 saturated heterocycles. The highest BCUT2D eigenvalue weighted by Crippen LogP contribution is 2.30. The molecule has 0 atom stereocenters. The first-order valence-corrected chi connectivity index (χ1v) is 10.6. The van der Waals surface area contributed by atoms with E-state index in [4.69, 9.17) is 0 Å². The van der Waals surface area contributed by atoms with Crippen LogP contribution in [0, 0.1) is 0 Å². The Morgan fingerprint density at radius 2 is 1.68 bits per heavy atom. The van der Waals surface area contributed by atoms with E-state index in [1.807, 2.05) is 6.07 Å². The first-order chi connectivity index (χ1) is 11.9. The van der Waals surface area contributed by atoms with Gasteiger partial charge in [-0.2, -0.15) is 0 Å². The van der Waals surface area contributed by atoms with Crippen molar-refractivity contribution in [3.05, 3.63) is 35.9 Å². The summed E-state index contributed by atoms with van der Waals surface area (Å²) in [6.07, 6.45) is 2.04. The molecule has 25 heavy (non-hydrogen) atoms. The van der Waals surface area contributed by atoms with E-state index in [1.54, 1.807) is 14.0 Å². The molecule has 0 aliphatic rings. The van der Waals surface area contributed by atoms with Crippen LogP contribution in [0.1, 0.15) is 39.2 Å². The van der Waals surface area contributed by atoms with Gasteiger partial charge in [-0.05, 0) is 25.3 Å². The molecule has 0 amide bonds. The molecule has 7 heteroatoms. The summed E-state index contributed by atoms with van der Waals surface area (Å²) in [5.74, 6) is 0.768. The zero-order chi connectivity index (χ0) is 18.8. The van der Waals surface area contributed by atoms with Crippen molar-refractivity contribution in [3.63, 3.8) is 0 Å². The Morgan fingerprint density at radius 1 is 1.04 bits per heavy atom. The number of rotatable bonds is 10. The zero-order valence-electron chi connectivity index (χ0n) is 15.8. The van der Waals surface area contributed by atoms with Gasteiger partial charge in [-0.15, -0.1) is 0 Å². The standard InChI is InChI=1S/C18H32N4O2S/c1-5-18(6-2,16-11-9-8-10-12-16)15-21-17(19-4)20-13-14-22-25(23,24)7-3/h8-12,22H,5-7,13-15H2,1-4H3,(H2,19,20,21). The van der Waals surface area contributed by atoms with Crippen LogP contribution in [-0.4, -0.2) is 46.8 Å². The van der Waals surface area contributed by atoms with Crippen LogP contribution in [0.25, 0.3) is 0 Å². The molecule has 0 radical (unpaired) electrons. The van der Waals surface area contributed by atoms with Gasteiger partial charge in [0, 0.05) is 32.1 Å². The fourth-order valence-corrected chi connectivity index (χ4v) is 3.38. The van der Waals surface area contributed by atoms with Crippen molar-refractivity contribution in [3.8, 4) is 0 Å². The first-order valence-electron chi connectivity index (χ1n) is 8.90. The van der Waals surface area contributed by atoms with Crippen LogP contribution in [-0.2, 0) is 15.4 Å². The van der Waals surface area contributed by atoms with Crippen molar-refractivity contribution in [2.45, 2.75) is 39.0 Å². The summed E-state index contributed by atoms with van der Waals surface area (Å²) >= 11 is 0. The van der Waals surface area contributed by atoms with Crippen LogP contribution in [0.5, 0.6) is 0 Å². The third-order valence-corrected chi connectivity index (χ3v) is 6.08. The summed E-state index contributed by atoms with van der Waals surface area (Å²) in [7, 11) is -1.44. The quantitative estimate of drug-likeness (QED) is 0.334. The van der Waals surface area contributed by atoms with Crippen LogP contribution in [0.15, 0.2) is 35.3 Å². The van der Waals surface area contributed by atoms with E-state index in [2.05, 4.69) is 58.5 Å². The molecule has 1 rings (SSSR count). The molecule has 6 nitrogen and oxygen atoms in total. The van der Waals surface area contributed by atoms with Gasteiger partial charge < -0.3 is 10.6 Å². The molecule has 142 valence electrons. The van der Waals surface area contributed by atoms with Gasteiger partial charge in [-0.3, -0.25) is 4.99 Å². The molecule has 3 N–H and O–H groups in total. The molecule has 1 aromatic rings. The third kappa shape index (κ3) is 6.66. The average molecular weight is 369 g/mol. The maximum atomic E-state index is 11.4. The number of hydrogen-bond donors (Lipinski definition) is 3. The molecular formula is C18H32N4O2S. The van der Waals surface area contributed by atoms with Crippen molar-refractivity contribution in [1.29, 1.82) is 0 Å². The number of aliphatic imine (C=N–C) groups is 1. The highest BCUT2D eigenvalue weighted by atomic mass is 32.2. The van der Waals surface area contributed by atoms with Gasteiger partial charge in [0.15, 0.2) is 5.96 Å². The van der Waals surface area contributed by atoms with E-state index in [0.29, 0.717) is 19.0 Å². The van der Waals surface area contributed by atoms with Crippen LogP contribution in [0.4, 0.5) is 0 Å². The molecule has 0 spiro atoms. The van der Waals surface area contributed by atoms with E-state index in [-0.39, 0.29) is 11.2 Å². The summed E-state index contributed by atoms with van der Waals surface area (Å²) in [6.45, 7) is 7.61. The number of nitrogens with zero attached hydrogens (tertiary/aromatic N) is 1. The molecule has 0 heterocycles. The Labute approximate surface area is 152 Å². The second kappa shape index (κ2) is 10.4. The summed E-state index contributed by atoms with van der Waals surface area (Å²) in [5, 5.41) is 6.53. The number of benzene rings is 1. The Hall–Kier alpha value is -1.60. The first kappa shape index (κ1) is 21.4. The molecule has 0 aromatic heterocycles. The van der Waals surface area contributed by atoms with Gasteiger partial charge in [0.05, 0.1) is 5.75 Å². The van der Waals surface area contributed by atoms with Crippen molar-refractivity contribution >= 4 is 16.0 Å². The SMILES string of the molecule is CCC(CC)(CNC(=NC)NCCNS(=O)(=O)CC)c1ccccc1. The molecule has 0 fully saturated rings. The lowest BCUT2D eigenvalue weighted by molar-refractivity contribution is 0.389. The molecule has 0 aliphatic carbocycles. The summed E-state index contributed by atoms with van der Waals surface area (Å²) in [5.41, 5.74) is 1.36. The smallest absolute Gasteiger partial charge is 0.211 e. The maximum absolute atomic E-state index is 11.4. The average Bonchev–Trinajstić information content (AvgIpc) is 2.65. The van der Waals surface area contributed by atoms with Gasteiger partial charge in [0.1, 0.15) is 0 Å². The molecule has 0 bridgehead atoms. The number of guanidine groups is 1. The van der Waals surface area contributed by atoms with Crippen LogP contribution < -0.4 is 15.4 Å². The third-order valence-electron chi connectivity index (χ3n) is 4.68.